The van der Waals surface area contributed by atoms with Gasteiger partial charge in [0.05, 0.1) is 6.20 Å². The number of piperidine rings is 1. The number of rotatable bonds is 9. The van der Waals surface area contributed by atoms with Crippen molar-refractivity contribution in [3.63, 3.8) is 0 Å². The van der Waals surface area contributed by atoms with Gasteiger partial charge in [0.1, 0.15) is 11.4 Å². The number of H-pyrrole nitrogens is 1. The van der Waals surface area contributed by atoms with Crippen LogP contribution in [0.3, 0.4) is 0 Å². The highest BCUT2D eigenvalue weighted by atomic mass is 16.6. The van der Waals surface area contributed by atoms with Crippen molar-refractivity contribution < 1.29 is 19.1 Å². The lowest BCUT2D eigenvalue weighted by molar-refractivity contribution is -0.170. The van der Waals surface area contributed by atoms with Crippen LogP contribution < -0.4 is 15.0 Å². The second kappa shape index (κ2) is 12.1. The monoisotopic (exact) mass is 573 g/mol. The van der Waals surface area contributed by atoms with E-state index in [1.165, 1.54) is 0 Å². The molecule has 1 atom stereocenters. The predicted octanol–water partition coefficient (Wildman–Crippen LogP) is 5.92. The minimum Gasteiger partial charge on any atom is -0.476 e. The predicted molar refractivity (Wildman–Crippen MR) is 163 cm³/mol. The number of esters is 1. The van der Waals surface area contributed by atoms with E-state index in [2.05, 4.69) is 44.7 Å². The van der Waals surface area contributed by atoms with E-state index in [9.17, 15) is 9.59 Å². The van der Waals surface area contributed by atoms with Crippen molar-refractivity contribution in [2.24, 2.45) is 0 Å². The fourth-order valence-electron chi connectivity index (χ4n) is 5.23. The number of hydrogen-bond donors (Lipinski definition) is 2. The largest absolute Gasteiger partial charge is 0.476 e. The van der Waals surface area contributed by atoms with Gasteiger partial charge >= 0.3 is 12.0 Å². The second-order valence-electron chi connectivity index (χ2n) is 12.9. The Bertz CT molecular complexity index is 1360. The van der Waals surface area contributed by atoms with E-state index in [1.54, 1.807) is 20.0 Å². The topological polar surface area (TPSA) is 99.8 Å². The fourth-order valence-corrected chi connectivity index (χ4v) is 5.23. The van der Waals surface area contributed by atoms with E-state index in [0.29, 0.717) is 24.9 Å². The summed E-state index contributed by atoms with van der Waals surface area (Å²) in [5.41, 5.74) is 2.54. The minimum atomic E-state index is -1.13. The quantitative estimate of drug-likeness (QED) is 0.309. The summed E-state index contributed by atoms with van der Waals surface area (Å²) in [5.74, 6) is 0.198. The Morgan fingerprint density at radius 1 is 1.05 bits per heavy atom. The van der Waals surface area contributed by atoms with Gasteiger partial charge in [-0.15, -0.1) is 0 Å². The average molecular weight is 574 g/mol. The van der Waals surface area contributed by atoms with Crippen LogP contribution in [0.5, 0.6) is 5.75 Å². The molecular weight excluding hydrogens is 530 g/mol. The molecule has 9 heteroatoms. The molecule has 224 valence electrons. The van der Waals surface area contributed by atoms with Crippen LogP contribution in [0.1, 0.15) is 65.9 Å². The van der Waals surface area contributed by atoms with Crippen molar-refractivity contribution >= 4 is 17.7 Å². The molecule has 1 aliphatic heterocycles. The molecule has 0 bridgehead atoms. The van der Waals surface area contributed by atoms with Gasteiger partial charge in [-0.2, -0.15) is 5.10 Å². The van der Waals surface area contributed by atoms with Gasteiger partial charge in [0, 0.05) is 55.2 Å². The number of benzene rings is 2. The zero-order valence-electron chi connectivity index (χ0n) is 25.4. The van der Waals surface area contributed by atoms with Gasteiger partial charge in [-0.05, 0) is 83.6 Å². The van der Waals surface area contributed by atoms with Crippen LogP contribution in [0.4, 0.5) is 10.5 Å². The molecule has 2 amide bonds. The van der Waals surface area contributed by atoms with Crippen LogP contribution in [0.25, 0.3) is 11.1 Å². The first-order chi connectivity index (χ1) is 20.0. The third-order valence-electron chi connectivity index (χ3n) is 7.58. The lowest BCUT2D eigenvalue weighted by atomic mass is 10.0. The van der Waals surface area contributed by atoms with Gasteiger partial charge in [0.15, 0.2) is 5.60 Å². The highest BCUT2D eigenvalue weighted by molar-refractivity contribution is 5.79. The van der Waals surface area contributed by atoms with Gasteiger partial charge in [-0.3, -0.25) is 5.10 Å². The number of nitrogens with one attached hydrogen (secondary N) is 2. The van der Waals surface area contributed by atoms with E-state index in [4.69, 9.17) is 9.47 Å². The number of amides is 2. The molecule has 1 aliphatic carbocycles. The molecule has 9 nitrogen and oxygen atoms in total. The van der Waals surface area contributed by atoms with E-state index in [1.807, 2.05) is 56.1 Å². The first-order valence-corrected chi connectivity index (χ1v) is 14.9. The molecule has 1 saturated carbocycles. The van der Waals surface area contributed by atoms with Crippen molar-refractivity contribution in [2.45, 2.75) is 90.1 Å². The summed E-state index contributed by atoms with van der Waals surface area (Å²) in [5, 5.41) is 10.2. The Hall–Kier alpha value is -4.01. The van der Waals surface area contributed by atoms with Crippen LogP contribution >= 0.6 is 0 Å². The molecule has 2 heterocycles. The Morgan fingerprint density at radius 2 is 1.81 bits per heavy atom. The molecule has 2 N–H and O–H groups in total. The van der Waals surface area contributed by atoms with Gasteiger partial charge in [0.25, 0.3) is 0 Å². The van der Waals surface area contributed by atoms with E-state index < -0.39 is 17.2 Å². The Morgan fingerprint density at radius 3 is 2.48 bits per heavy atom. The summed E-state index contributed by atoms with van der Waals surface area (Å²) in [4.78, 5) is 30.4. The summed E-state index contributed by atoms with van der Waals surface area (Å²) >= 11 is 0. The Kier molecular flexibility index (Phi) is 8.48. The maximum atomic E-state index is 13.5. The maximum Gasteiger partial charge on any atom is 0.350 e. The molecule has 1 saturated heterocycles. The molecule has 0 spiro atoms. The van der Waals surface area contributed by atoms with Crippen LogP contribution in [-0.2, 0) is 16.1 Å². The smallest absolute Gasteiger partial charge is 0.350 e. The number of urea groups is 1. The molecule has 1 aromatic heterocycles. The number of hydrogen-bond acceptors (Lipinski definition) is 6. The molecule has 3 aromatic rings. The van der Waals surface area contributed by atoms with E-state index in [-0.39, 0.29) is 12.1 Å². The molecule has 5 rings (SSSR count). The van der Waals surface area contributed by atoms with Crippen molar-refractivity contribution in [1.82, 2.24) is 20.4 Å². The lowest BCUT2D eigenvalue weighted by Crippen LogP contribution is -2.52. The maximum absolute atomic E-state index is 13.5. The number of carbonyl (C=O) groups excluding carboxylic acids is 2. The van der Waals surface area contributed by atoms with Crippen LogP contribution in [-0.4, -0.2) is 63.5 Å². The SMILES string of the molecule is CC(C)(C)OC(=O)C(C)(C)Oc1cccc(N2CCC[C@@H](NC(=O)N(Cc3ccc(-c4cn[nH]c4)cc3)C3CC3)C2)c1. The van der Waals surface area contributed by atoms with E-state index in [0.717, 1.165) is 54.6 Å². The number of aromatic nitrogens is 2. The van der Waals surface area contributed by atoms with Crippen molar-refractivity contribution in [2.75, 3.05) is 18.0 Å². The summed E-state index contributed by atoms with van der Waals surface area (Å²) in [6.45, 7) is 11.2. The van der Waals surface area contributed by atoms with Crippen LogP contribution in [0, 0.1) is 0 Å². The number of aromatic amines is 1. The van der Waals surface area contributed by atoms with Crippen LogP contribution in [0.2, 0.25) is 0 Å². The Labute approximate surface area is 248 Å². The standard InChI is InChI=1S/C33H43N5O4/c1-32(2,3)42-30(39)33(4,5)41-29-10-6-9-28(18-29)37-17-7-8-26(22-37)36-31(40)38(27-15-16-27)21-23-11-13-24(14-12-23)25-19-34-35-20-25/h6,9-14,18-20,26-27H,7-8,15-17,21-22H2,1-5H3,(H,34,35)(H,36,40)/t26-/m1/s1. The van der Waals surface area contributed by atoms with Gasteiger partial charge in [-0.25, -0.2) is 9.59 Å². The fraction of sp³-hybridized carbons (Fsp3) is 0.485. The second-order valence-corrected chi connectivity index (χ2v) is 12.9. The summed E-state index contributed by atoms with van der Waals surface area (Å²) < 4.78 is 11.6. The molecule has 0 unspecified atom stereocenters. The highest BCUT2D eigenvalue weighted by Crippen LogP contribution is 2.31. The minimum absolute atomic E-state index is 0.000504. The molecule has 42 heavy (non-hydrogen) atoms. The zero-order valence-corrected chi connectivity index (χ0v) is 25.4. The van der Waals surface area contributed by atoms with Gasteiger partial charge < -0.3 is 24.6 Å². The third kappa shape index (κ3) is 7.63. The molecule has 0 radical (unpaired) electrons. The van der Waals surface area contributed by atoms with Gasteiger partial charge in [0.2, 0.25) is 0 Å². The number of nitrogens with zero attached hydrogens (tertiary/aromatic N) is 3. The van der Waals surface area contributed by atoms with Crippen molar-refractivity contribution in [1.29, 1.82) is 0 Å². The third-order valence-corrected chi connectivity index (χ3v) is 7.58. The number of ether oxygens (including phenoxy) is 2. The average Bonchev–Trinajstić information content (AvgIpc) is 3.63. The number of carbonyl (C=O) groups is 2. The zero-order chi connectivity index (χ0) is 29.9. The Balaban J connectivity index is 1.19. The lowest BCUT2D eigenvalue weighted by Gasteiger charge is -2.36. The van der Waals surface area contributed by atoms with Gasteiger partial charge in [-0.1, -0.05) is 30.3 Å². The molecule has 2 fully saturated rings. The molecular formula is C33H43N5O4. The molecule has 2 aromatic carbocycles. The number of anilines is 1. The highest BCUT2D eigenvalue weighted by Gasteiger charge is 2.36. The first-order valence-electron chi connectivity index (χ1n) is 14.9. The normalized spacial score (nSPS) is 17.5. The summed E-state index contributed by atoms with van der Waals surface area (Å²) in [7, 11) is 0. The van der Waals surface area contributed by atoms with Crippen LogP contribution in [0.15, 0.2) is 60.9 Å². The molecule has 2 aliphatic rings. The first kappa shape index (κ1) is 29.5. The van der Waals surface area contributed by atoms with E-state index >= 15 is 0 Å². The summed E-state index contributed by atoms with van der Waals surface area (Å²) in [6, 6.07) is 16.5. The van der Waals surface area contributed by atoms with Crippen molar-refractivity contribution in [3.05, 3.63) is 66.5 Å². The van der Waals surface area contributed by atoms with Crippen molar-refractivity contribution in [3.8, 4) is 16.9 Å². The summed E-state index contributed by atoms with van der Waals surface area (Å²) in [6.07, 6.45) is 7.68.